The maximum atomic E-state index is 11.0. The fraction of sp³-hybridized carbons (Fsp3) is 0.214. The van der Waals surface area contributed by atoms with Gasteiger partial charge in [-0.3, -0.25) is 10.4 Å². The van der Waals surface area contributed by atoms with E-state index in [1.807, 2.05) is 18.7 Å². The second-order valence-corrected chi connectivity index (χ2v) is 5.94. The van der Waals surface area contributed by atoms with Crippen molar-refractivity contribution in [3.8, 4) is 0 Å². The number of nitrogens with one attached hydrogen (secondary N) is 1. The van der Waals surface area contributed by atoms with Gasteiger partial charge in [0.1, 0.15) is 0 Å². The Bertz CT molecular complexity index is 548. The second kappa shape index (κ2) is 6.76. The van der Waals surface area contributed by atoms with Crippen molar-refractivity contribution in [3.63, 3.8) is 0 Å². The molecule has 1 aliphatic rings. The number of anilines is 1. The average Bonchev–Trinajstić information content (AvgIpc) is 2.47. The number of thioether (sulfide) groups is 2. The molecule has 1 aromatic carbocycles. The zero-order chi connectivity index (χ0) is 14.5. The molecular formula is C14H16N2O2S2. The third-order valence-electron chi connectivity index (χ3n) is 2.80. The summed E-state index contributed by atoms with van der Waals surface area (Å²) in [6.45, 7) is 0.337. The van der Waals surface area contributed by atoms with E-state index in [-0.39, 0.29) is 0 Å². The summed E-state index contributed by atoms with van der Waals surface area (Å²) in [5.41, 5.74) is 4.55. The van der Waals surface area contributed by atoms with Gasteiger partial charge in [0.2, 0.25) is 0 Å². The van der Waals surface area contributed by atoms with Crippen molar-refractivity contribution >= 4 is 35.2 Å². The molecule has 0 bridgehead atoms. The smallest absolute Gasteiger partial charge is 0.333 e. The first-order valence-corrected chi connectivity index (χ1v) is 8.44. The largest absolute Gasteiger partial charge is 0.478 e. The van der Waals surface area contributed by atoms with E-state index in [0.29, 0.717) is 12.1 Å². The Kier molecular flexibility index (Phi) is 5.03. The van der Waals surface area contributed by atoms with E-state index in [1.165, 1.54) is 9.79 Å². The predicted octanol–water partition coefficient (Wildman–Crippen LogP) is 3.30. The Morgan fingerprint density at radius 3 is 2.45 bits per heavy atom. The minimum atomic E-state index is -0.885. The van der Waals surface area contributed by atoms with Crippen LogP contribution in [0.5, 0.6) is 0 Å². The van der Waals surface area contributed by atoms with Crippen LogP contribution in [-0.2, 0) is 4.79 Å². The summed E-state index contributed by atoms with van der Waals surface area (Å²) in [4.78, 5) is 13.3. The van der Waals surface area contributed by atoms with Gasteiger partial charge in [-0.15, -0.1) is 23.5 Å². The quantitative estimate of drug-likeness (QED) is 0.814. The molecule has 6 heteroatoms. The lowest BCUT2D eigenvalue weighted by Crippen LogP contribution is -2.30. The standard InChI is InChI=1S/C14H16N2O2S2/c1-19-12-6-11(7-13(8-12)20-2)15-16-5-3-4-10(9-16)14(17)18/h3-8,15H,9H2,1-2H3,(H,17,18). The number of allylic oxidation sites excluding steroid dienone is 2. The zero-order valence-corrected chi connectivity index (χ0v) is 12.9. The molecule has 0 spiro atoms. The highest BCUT2D eigenvalue weighted by molar-refractivity contribution is 7.99. The first-order valence-electron chi connectivity index (χ1n) is 5.99. The summed E-state index contributed by atoms with van der Waals surface area (Å²) < 4.78 is 0. The lowest BCUT2D eigenvalue weighted by atomic mass is 10.2. The first kappa shape index (κ1) is 14.9. The van der Waals surface area contributed by atoms with E-state index in [4.69, 9.17) is 5.11 Å². The van der Waals surface area contributed by atoms with Crippen molar-refractivity contribution in [3.05, 3.63) is 42.1 Å². The fourth-order valence-corrected chi connectivity index (χ4v) is 2.86. The summed E-state index contributed by atoms with van der Waals surface area (Å²) in [7, 11) is 0. The van der Waals surface area contributed by atoms with Crippen LogP contribution in [0, 0.1) is 0 Å². The molecule has 1 heterocycles. The number of benzene rings is 1. The minimum Gasteiger partial charge on any atom is -0.478 e. The molecule has 0 aliphatic carbocycles. The molecule has 106 valence electrons. The summed E-state index contributed by atoms with van der Waals surface area (Å²) in [5, 5.41) is 10.8. The average molecular weight is 308 g/mol. The van der Waals surface area contributed by atoms with Gasteiger partial charge in [0, 0.05) is 16.0 Å². The third-order valence-corrected chi connectivity index (χ3v) is 4.22. The van der Waals surface area contributed by atoms with Gasteiger partial charge in [0.25, 0.3) is 0 Å². The topological polar surface area (TPSA) is 52.6 Å². The number of carboxylic acids is 1. The number of hydrogen-bond donors (Lipinski definition) is 2. The molecule has 0 saturated carbocycles. The van der Waals surface area contributed by atoms with Crippen LogP contribution < -0.4 is 5.43 Å². The first-order chi connectivity index (χ1) is 9.62. The summed E-state index contributed by atoms with van der Waals surface area (Å²) in [6.07, 6.45) is 9.25. The van der Waals surface area contributed by atoms with Crippen molar-refractivity contribution < 1.29 is 9.90 Å². The Morgan fingerprint density at radius 1 is 1.25 bits per heavy atom. The molecule has 2 N–H and O–H groups in total. The van der Waals surface area contributed by atoms with Crippen molar-refractivity contribution in [2.45, 2.75) is 9.79 Å². The van der Waals surface area contributed by atoms with Crippen LogP contribution in [0.4, 0.5) is 5.69 Å². The second-order valence-electron chi connectivity index (χ2n) is 4.18. The summed E-state index contributed by atoms with van der Waals surface area (Å²) >= 11 is 3.37. The molecule has 0 fully saturated rings. The number of hydrazine groups is 1. The number of rotatable bonds is 5. The van der Waals surface area contributed by atoms with Crippen LogP contribution in [0.1, 0.15) is 0 Å². The molecular weight excluding hydrogens is 292 g/mol. The highest BCUT2D eigenvalue weighted by Crippen LogP contribution is 2.27. The fourth-order valence-electron chi connectivity index (χ4n) is 1.81. The van der Waals surface area contributed by atoms with Crippen molar-refractivity contribution in [1.29, 1.82) is 0 Å². The Balaban J connectivity index is 2.13. The summed E-state index contributed by atoms with van der Waals surface area (Å²) in [5.74, 6) is -0.885. The van der Waals surface area contributed by atoms with Gasteiger partial charge in [-0.1, -0.05) is 0 Å². The molecule has 20 heavy (non-hydrogen) atoms. The van der Waals surface area contributed by atoms with Gasteiger partial charge in [-0.2, -0.15) is 0 Å². The van der Waals surface area contributed by atoms with Crippen molar-refractivity contribution in [2.24, 2.45) is 0 Å². The van der Waals surface area contributed by atoms with E-state index >= 15 is 0 Å². The Labute approximate surface area is 126 Å². The van der Waals surface area contributed by atoms with Gasteiger partial charge < -0.3 is 5.11 Å². The van der Waals surface area contributed by atoms with Crippen LogP contribution in [-0.4, -0.2) is 35.1 Å². The van der Waals surface area contributed by atoms with Crippen molar-refractivity contribution in [1.82, 2.24) is 5.01 Å². The lowest BCUT2D eigenvalue weighted by molar-refractivity contribution is -0.132. The lowest BCUT2D eigenvalue weighted by Gasteiger charge is -2.25. The number of carbonyl (C=O) groups is 1. The van der Waals surface area contributed by atoms with Crippen LogP contribution >= 0.6 is 23.5 Å². The van der Waals surface area contributed by atoms with E-state index in [9.17, 15) is 4.79 Å². The molecule has 1 aromatic rings. The number of carboxylic acid groups (broad SMARTS) is 1. The predicted molar refractivity (Wildman–Crippen MR) is 85.2 cm³/mol. The Morgan fingerprint density at radius 2 is 1.90 bits per heavy atom. The zero-order valence-electron chi connectivity index (χ0n) is 11.3. The highest BCUT2D eigenvalue weighted by atomic mass is 32.2. The normalized spacial score (nSPS) is 14.1. The van der Waals surface area contributed by atoms with E-state index in [0.717, 1.165) is 5.69 Å². The maximum Gasteiger partial charge on any atom is 0.333 e. The molecule has 4 nitrogen and oxygen atoms in total. The number of nitrogens with zero attached hydrogens (tertiary/aromatic N) is 1. The molecule has 0 atom stereocenters. The van der Waals surface area contributed by atoms with Gasteiger partial charge in [0.15, 0.2) is 0 Å². The van der Waals surface area contributed by atoms with Gasteiger partial charge in [-0.05, 0) is 42.9 Å². The van der Waals surface area contributed by atoms with Crippen LogP contribution in [0.2, 0.25) is 0 Å². The van der Waals surface area contributed by atoms with Gasteiger partial charge >= 0.3 is 5.97 Å². The minimum absolute atomic E-state index is 0.337. The van der Waals surface area contributed by atoms with Crippen LogP contribution in [0.3, 0.4) is 0 Å². The van der Waals surface area contributed by atoms with Gasteiger partial charge in [-0.25, -0.2) is 4.79 Å². The molecule has 0 saturated heterocycles. The molecule has 0 amide bonds. The number of hydrogen-bond acceptors (Lipinski definition) is 5. The molecule has 0 radical (unpaired) electrons. The van der Waals surface area contributed by atoms with Gasteiger partial charge in [0.05, 0.1) is 17.8 Å². The van der Waals surface area contributed by atoms with E-state index in [2.05, 4.69) is 23.6 Å². The molecule has 2 rings (SSSR count). The summed E-state index contributed by atoms with van der Waals surface area (Å²) in [6, 6.07) is 6.24. The molecule has 0 aromatic heterocycles. The maximum absolute atomic E-state index is 11.0. The van der Waals surface area contributed by atoms with Crippen LogP contribution in [0.15, 0.2) is 51.9 Å². The monoisotopic (exact) mass is 308 g/mol. The molecule has 1 aliphatic heterocycles. The SMILES string of the molecule is CSc1cc(NN2C=CC=C(C(=O)O)C2)cc(SC)c1. The van der Waals surface area contributed by atoms with Crippen molar-refractivity contribution in [2.75, 3.05) is 24.5 Å². The Hall–Kier alpha value is -1.53. The van der Waals surface area contributed by atoms with Crippen LogP contribution in [0.25, 0.3) is 0 Å². The third kappa shape index (κ3) is 3.74. The van der Waals surface area contributed by atoms with E-state index < -0.39 is 5.97 Å². The highest BCUT2D eigenvalue weighted by Gasteiger charge is 2.13. The van der Waals surface area contributed by atoms with E-state index in [1.54, 1.807) is 40.7 Å². The molecule has 0 unspecified atom stereocenters. The number of aliphatic carboxylic acids is 1.